The van der Waals surface area contributed by atoms with Crippen LogP contribution < -0.4 is 4.72 Å². The smallest absolute Gasteiger partial charge is 0.302 e. The molecule has 1 saturated heterocycles. The molecule has 1 atom stereocenters. The predicted molar refractivity (Wildman–Crippen MR) is 81.5 cm³/mol. The van der Waals surface area contributed by atoms with Gasteiger partial charge in [0.25, 0.3) is 0 Å². The van der Waals surface area contributed by atoms with E-state index in [0.29, 0.717) is 12.5 Å². The van der Waals surface area contributed by atoms with Crippen molar-refractivity contribution in [3.05, 3.63) is 29.8 Å². The Bertz CT molecular complexity index is 632. The molecular formula is C15H21F3N2O2S. The molecule has 8 heteroatoms. The molecule has 0 aliphatic carbocycles. The summed E-state index contributed by atoms with van der Waals surface area (Å²) in [7, 11) is -4.19. The molecule has 23 heavy (non-hydrogen) atoms. The van der Waals surface area contributed by atoms with Crippen LogP contribution in [-0.4, -0.2) is 39.5 Å². The molecule has 0 saturated carbocycles. The van der Waals surface area contributed by atoms with Crippen LogP contribution in [-0.2, 0) is 16.2 Å². The van der Waals surface area contributed by atoms with Gasteiger partial charge in [0.05, 0.1) is 10.5 Å². The van der Waals surface area contributed by atoms with Crippen LogP contribution in [0.15, 0.2) is 29.2 Å². The fourth-order valence-corrected chi connectivity index (χ4v) is 4.09. The third-order valence-electron chi connectivity index (χ3n) is 3.94. The van der Waals surface area contributed by atoms with Crippen molar-refractivity contribution in [1.29, 1.82) is 0 Å². The van der Waals surface area contributed by atoms with E-state index in [4.69, 9.17) is 0 Å². The maximum absolute atomic E-state index is 12.9. The Hall–Kier alpha value is -1.12. The fraction of sp³-hybridized carbons (Fsp3) is 0.600. The molecule has 2 rings (SSSR count). The summed E-state index contributed by atoms with van der Waals surface area (Å²) in [6.07, 6.45) is -2.49. The molecule has 4 nitrogen and oxygen atoms in total. The second-order valence-corrected chi connectivity index (χ2v) is 7.68. The SMILES string of the molecule is CC1CCCN(CCNS(=O)(=O)c2ccccc2C(F)(F)F)C1. The van der Waals surface area contributed by atoms with Crippen molar-refractivity contribution in [1.82, 2.24) is 9.62 Å². The first-order valence-electron chi connectivity index (χ1n) is 7.58. The van der Waals surface area contributed by atoms with Crippen molar-refractivity contribution in [2.75, 3.05) is 26.2 Å². The van der Waals surface area contributed by atoms with Crippen LogP contribution in [0.1, 0.15) is 25.3 Å². The van der Waals surface area contributed by atoms with Crippen molar-refractivity contribution in [2.24, 2.45) is 5.92 Å². The standard InChI is InChI=1S/C15H21F3N2O2S/c1-12-5-4-9-20(11-12)10-8-19-23(21,22)14-7-3-2-6-13(14)15(16,17)18/h2-3,6-7,12,19H,4-5,8-11H2,1H3. The minimum absolute atomic E-state index is 0.0985. The first-order chi connectivity index (χ1) is 10.7. The molecule has 1 aromatic rings. The quantitative estimate of drug-likeness (QED) is 0.888. The summed E-state index contributed by atoms with van der Waals surface area (Å²) < 4.78 is 65.4. The van der Waals surface area contributed by atoms with E-state index in [2.05, 4.69) is 16.5 Å². The van der Waals surface area contributed by atoms with Crippen LogP contribution in [0.5, 0.6) is 0 Å². The zero-order valence-electron chi connectivity index (χ0n) is 12.9. The number of alkyl halides is 3. The molecule has 0 bridgehead atoms. The Kier molecular flexibility index (Phi) is 5.70. The van der Waals surface area contributed by atoms with E-state index < -0.39 is 26.7 Å². The number of rotatable bonds is 5. The topological polar surface area (TPSA) is 49.4 Å². The van der Waals surface area contributed by atoms with Gasteiger partial charge in [0, 0.05) is 19.6 Å². The third kappa shape index (κ3) is 4.92. The molecule has 1 aliphatic rings. The number of nitrogens with one attached hydrogen (secondary N) is 1. The number of likely N-dealkylation sites (tertiary alicyclic amines) is 1. The average Bonchev–Trinajstić information content (AvgIpc) is 2.46. The van der Waals surface area contributed by atoms with Gasteiger partial charge in [0.2, 0.25) is 10.0 Å². The maximum Gasteiger partial charge on any atom is 0.417 e. The zero-order chi connectivity index (χ0) is 17.1. The van der Waals surface area contributed by atoms with E-state index in [1.165, 1.54) is 12.1 Å². The van der Waals surface area contributed by atoms with Crippen LogP contribution in [0.2, 0.25) is 0 Å². The molecule has 0 spiro atoms. The summed E-state index contributed by atoms with van der Waals surface area (Å²) >= 11 is 0. The fourth-order valence-electron chi connectivity index (χ4n) is 2.84. The summed E-state index contributed by atoms with van der Waals surface area (Å²) in [5.74, 6) is 0.561. The highest BCUT2D eigenvalue weighted by Gasteiger charge is 2.36. The lowest BCUT2D eigenvalue weighted by Gasteiger charge is -2.30. The molecule has 1 fully saturated rings. The minimum atomic E-state index is -4.70. The zero-order valence-corrected chi connectivity index (χ0v) is 13.8. The molecule has 1 aromatic carbocycles. The van der Waals surface area contributed by atoms with Crippen molar-refractivity contribution in [3.63, 3.8) is 0 Å². The van der Waals surface area contributed by atoms with Gasteiger partial charge in [-0.25, -0.2) is 13.1 Å². The van der Waals surface area contributed by atoms with Gasteiger partial charge in [-0.15, -0.1) is 0 Å². The second-order valence-electron chi connectivity index (χ2n) is 5.94. The number of piperidine rings is 1. The molecule has 0 amide bonds. The van der Waals surface area contributed by atoms with E-state index in [0.717, 1.165) is 38.1 Å². The van der Waals surface area contributed by atoms with Gasteiger partial charge in [0.1, 0.15) is 0 Å². The number of hydrogen-bond donors (Lipinski definition) is 1. The normalized spacial score (nSPS) is 20.6. The third-order valence-corrected chi connectivity index (χ3v) is 5.46. The Labute approximate surface area is 134 Å². The summed E-state index contributed by atoms with van der Waals surface area (Å²) in [5, 5.41) is 0. The van der Waals surface area contributed by atoms with Gasteiger partial charge in [-0.3, -0.25) is 0 Å². The highest BCUT2D eigenvalue weighted by molar-refractivity contribution is 7.89. The van der Waals surface area contributed by atoms with Gasteiger partial charge in [-0.05, 0) is 37.4 Å². The number of halogens is 3. The first-order valence-corrected chi connectivity index (χ1v) is 9.07. The van der Waals surface area contributed by atoms with Gasteiger partial charge in [0.15, 0.2) is 0 Å². The highest BCUT2D eigenvalue weighted by Crippen LogP contribution is 2.33. The molecule has 0 aromatic heterocycles. The van der Waals surface area contributed by atoms with E-state index in [1.54, 1.807) is 0 Å². The first kappa shape index (κ1) is 18.2. The Morgan fingerprint density at radius 1 is 1.30 bits per heavy atom. The number of benzene rings is 1. The van der Waals surface area contributed by atoms with Crippen molar-refractivity contribution in [3.8, 4) is 0 Å². The Morgan fingerprint density at radius 2 is 2.00 bits per heavy atom. The molecule has 0 radical (unpaired) electrons. The van der Waals surface area contributed by atoms with Crippen molar-refractivity contribution >= 4 is 10.0 Å². The van der Waals surface area contributed by atoms with Gasteiger partial charge >= 0.3 is 6.18 Å². The second kappa shape index (κ2) is 7.19. The van der Waals surface area contributed by atoms with Gasteiger partial charge in [-0.2, -0.15) is 13.2 Å². The Morgan fingerprint density at radius 3 is 2.65 bits per heavy atom. The molecular weight excluding hydrogens is 329 g/mol. The molecule has 1 unspecified atom stereocenters. The number of hydrogen-bond acceptors (Lipinski definition) is 3. The number of nitrogens with zero attached hydrogens (tertiary/aromatic N) is 1. The molecule has 1 aliphatic heterocycles. The lowest BCUT2D eigenvalue weighted by Crippen LogP contribution is -2.40. The minimum Gasteiger partial charge on any atom is -0.302 e. The van der Waals surface area contributed by atoms with Crippen LogP contribution in [0.25, 0.3) is 0 Å². The lowest BCUT2D eigenvalue weighted by atomic mass is 10.0. The van der Waals surface area contributed by atoms with E-state index >= 15 is 0 Å². The van der Waals surface area contributed by atoms with Crippen molar-refractivity contribution in [2.45, 2.75) is 30.8 Å². The predicted octanol–water partition coefficient (Wildman–Crippen LogP) is 2.72. The van der Waals surface area contributed by atoms with E-state index in [1.807, 2.05) is 0 Å². The summed E-state index contributed by atoms with van der Waals surface area (Å²) in [4.78, 5) is 1.41. The summed E-state index contributed by atoms with van der Waals surface area (Å²) in [5.41, 5.74) is -1.14. The van der Waals surface area contributed by atoms with Crippen LogP contribution in [0.4, 0.5) is 13.2 Å². The highest BCUT2D eigenvalue weighted by atomic mass is 32.2. The molecule has 1 N–H and O–H groups in total. The van der Waals surface area contributed by atoms with Crippen molar-refractivity contribution < 1.29 is 21.6 Å². The van der Waals surface area contributed by atoms with Crippen LogP contribution in [0, 0.1) is 5.92 Å². The Balaban J connectivity index is 2.02. The average molecular weight is 350 g/mol. The lowest BCUT2D eigenvalue weighted by molar-refractivity contribution is -0.139. The summed E-state index contributed by atoms with van der Waals surface area (Å²) in [6.45, 7) is 4.51. The van der Waals surface area contributed by atoms with Gasteiger partial charge in [-0.1, -0.05) is 19.1 Å². The largest absolute Gasteiger partial charge is 0.417 e. The maximum atomic E-state index is 12.9. The van der Waals surface area contributed by atoms with Gasteiger partial charge < -0.3 is 4.90 Å². The number of sulfonamides is 1. The van der Waals surface area contributed by atoms with Crippen LogP contribution in [0.3, 0.4) is 0 Å². The summed E-state index contributed by atoms with van der Waals surface area (Å²) in [6, 6.07) is 4.22. The monoisotopic (exact) mass is 350 g/mol. The van der Waals surface area contributed by atoms with E-state index in [-0.39, 0.29) is 6.54 Å². The van der Waals surface area contributed by atoms with E-state index in [9.17, 15) is 21.6 Å². The van der Waals surface area contributed by atoms with Crippen LogP contribution >= 0.6 is 0 Å². The molecule has 130 valence electrons. The molecule has 1 heterocycles.